The summed E-state index contributed by atoms with van der Waals surface area (Å²) in [5.41, 5.74) is 1.83. The van der Waals surface area contributed by atoms with Gasteiger partial charge in [-0.25, -0.2) is 4.98 Å². The summed E-state index contributed by atoms with van der Waals surface area (Å²) in [5.74, 6) is 0.939. The Kier molecular flexibility index (Phi) is 5.94. The first-order valence-electron chi connectivity index (χ1n) is 9.85. The number of pyridine rings is 1. The van der Waals surface area contributed by atoms with Gasteiger partial charge in [0.05, 0.1) is 26.0 Å². The van der Waals surface area contributed by atoms with Crippen LogP contribution in [-0.2, 0) is 16.6 Å². The van der Waals surface area contributed by atoms with Crippen molar-refractivity contribution in [1.82, 2.24) is 14.5 Å². The lowest BCUT2D eigenvalue weighted by molar-refractivity contribution is -0.128. The lowest BCUT2D eigenvalue weighted by Crippen LogP contribution is -2.49. The molecule has 1 unspecified atom stereocenters. The highest BCUT2D eigenvalue weighted by atomic mass is 16.5. The molecule has 1 aromatic carbocycles. The van der Waals surface area contributed by atoms with Gasteiger partial charge in [-0.3, -0.25) is 19.1 Å². The molecule has 160 valence electrons. The van der Waals surface area contributed by atoms with E-state index in [4.69, 9.17) is 9.47 Å². The summed E-state index contributed by atoms with van der Waals surface area (Å²) >= 11 is 0. The summed E-state index contributed by atoms with van der Waals surface area (Å²) in [6.07, 6.45) is 2.61. The molecule has 1 aliphatic rings. The molecule has 3 heterocycles. The van der Waals surface area contributed by atoms with Gasteiger partial charge in [-0.1, -0.05) is 0 Å². The molecular weight excluding hydrogens is 398 g/mol. The molecule has 1 fully saturated rings. The van der Waals surface area contributed by atoms with Crippen LogP contribution >= 0.6 is 0 Å². The van der Waals surface area contributed by atoms with Gasteiger partial charge in [0.1, 0.15) is 5.75 Å². The number of ether oxygens (including phenoxy) is 2. The second kappa shape index (κ2) is 8.97. The quantitative estimate of drug-likeness (QED) is 0.669. The zero-order valence-corrected chi connectivity index (χ0v) is 17.3. The monoisotopic (exact) mass is 421 g/mol. The maximum absolute atomic E-state index is 12.7. The summed E-state index contributed by atoms with van der Waals surface area (Å²) in [6.45, 7) is 1.14. The first-order valence-corrected chi connectivity index (χ1v) is 9.85. The Balaban J connectivity index is 1.53. The van der Waals surface area contributed by atoms with Crippen molar-refractivity contribution in [2.75, 3.05) is 37.0 Å². The van der Waals surface area contributed by atoms with Gasteiger partial charge in [0.25, 0.3) is 11.5 Å². The van der Waals surface area contributed by atoms with Crippen molar-refractivity contribution in [3.8, 4) is 17.0 Å². The van der Waals surface area contributed by atoms with Crippen LogP contribution in [0.4, 0.5) is 11.6 Å². The number of nitrogens with one attached hydrogen (secondary N) is 1. The lowest BCUT2D eigenvalue weighted by Gasteiger charge is -2.33. The number of anilines is 2. The van der Waals surface area contributed by atoms with E-state index in [1.54, 1.807) is 62.9 Å². The van der Waals surface area contributed by atoms with Crippen LogP contribution in [0.1, 0.15) is 0 Å². The minimum atomic E-state index is -0.697. The van der Waals surface area contributed by atoms with E-state index in [0.717, 1.165) is 5.56 Å². The predicted octanol–water partition coefficient (Wildman–Crippen LogP) is 1.69. The van der Waals surface area contributed by atoms with E-state index >= 15 is 0 Å². The van der Waals surface area contributed by atoms with Crippen LogP contribution < -0.4 is 20.5 Å². The number of carbonyl (C=O) groups is 1. The molecule has 1 amide bonds. The topological polar surface area (TPSA) is 98.6 Å². The van der Waals surface area contributed by atoms with Gasteiger partial charge < -0.3 is 19.7 Å². The molecule has 1 saturated heterocycles. The summed E-state index contributed by atoms with van der Waals surface area (Å²) in [7, 11) is 3.26. The largest absolute Gasteiger partial charge is 0.497 e. The van der Waals surface area contributed by atoms with Gasteiger partial charge in [0, 0.05) is 43.3 Å². The number of carbonyl (C=O) groups excluding carboxylic acids is 1. The van der Waals surface area contributed by atoms with E-state index in [9.17, 15) is 9.59 Å². The number of rotatable bonds is 5. The zero-order valence-electron chi connectivity index (χ0n) is 17.3. The van der Waals surface area contributed by atoms with Crippen molar-refractivity contribution in [2.45, 2.75) is 6.10 Å². The van der Waals surface area contributed by atoms with Gasteiger partial charge >= 0.3 is 0 Å². The van der Waals surface area contributed by atoms with Crippen molar-refractivity contribution < 1.29 is 14.3 Å². The van der Waals surface area contributed by atoms with Crippen LogP contribution in [0.2, 0.25) is 0 Å². The number of hydrogen-bond donors (Lipinski definition) is 1. The summed E-state index contributed by atoms with van der Waals surface area (Å²) in [5, 5.41) is 2.86. The number of aromatic nitrogens is 3. The van der Waals surface area contributed by atoms with Gasteiger partial charge in [0.2, 0.25) is 5.95 Å². The standard InChI is InChI=1S/C22H23N5O4/c1-26-20(28)13-18(15-7-9-23-10-8-15)25-22(26)27-11-12-31-19(14-27)21(29)24-16-3-5-17(30-2)6-4-16/h3-10,13,19H,11-12,14H2,1-2H3,(H,24,29). The van der Waals surface area contributed by atoms with Crippen molar-refractivity contribution >= 4 is 17.5 Å². The first-order chi connectivity index (χ1) is 15.0. The average Bonchev–Trinajstić information content (AvgIpc) is 2.82. The Bertz CT molecular complexity index is 1110. The third-order valence-corrected chi connectivity index (χ3v) is 5.09. The molecule has 4 rings (SSSR count). The number of amides is 1. The van der Waals surface area contributed by atoms with Crippen LogP contribution in [0.3, 0.4) is 0 Å². The Labute approximate surface area is 179 Å². The Morgan fingerprint density at radius 1 is 1.19 bits per heavy atom. The van der Waals surface area contributed by atoms with Crippen LogP contribution in [0, 0.1) is 0 Å². The molecule has 31 heavy (non-hydrogen) atoms. The molecule has 1 atom stereocenters. The van der Waals surface area contributed by atoms with E-state index in [1.165, 1.54) is 10.6 Å². The second-order valence-corrected chi connectivity index (χ2v) is 7.10. The van der Waals surface area contributed by atoms with Crippen LogP contribution in [0.5, 0.6) is 5.75 Å². The molecule has 9 nitrogen and oxygen atoms in total. The van der Waals surface area contributed by atoms with Crippen LogP contribution in [-0.4, -0.2) is 53.4 Å². The van der Waals surface area contributed by atoms with Crippen LogP contribution in [0.15, 0.2) is 59.7 Å². The Morgan fingerprint density at radius 2 is 1.94 bits per heavy atom. The number of morpholine rings is 1. The van der Waals surface area contributed by atoms with Gasteiger partial charge in [-0.2, -0.15) is 0 Å². The Hall–Kier alpha value is -3.72. The third kappa shape index (κ3) is 4.56. The molecule has 9 heteroatoms. The van der Waals surface area contributed by atoms with Crippen molar-refractivity contribution in [3.63, 3.8) is 0 Å². The number of hydrogen-bond acceptors (Lipinski definition) is 7. The lowest BCUT2D eigenvalue weighted by atomic mass is 10.2. The maximum Gasteiger partial charge on any atom is 0.255 e. The van der Waals surface area contributed by atoms with Crippen molar-refractivity contribution in [2.24, 2.45) is 7.05 Å². The summed E-state index contributed by atoms with van der Waals surface area (Å²) < 4.78 is 12.3. The van der Waals surface area contributed by atoms with Crippen molar-refractivity contribution in [3.05, 3.63) is 65.2 Å². The average molecular weight is 421 g/mol. The van der Waals surface area contributed by atoms with Gasteiger partial charge in [-0.05, 0) is 36.4 Å². The zero-order chi connectivity index (χ0) is 21.8. The molecule has 0 aliphatic carbocycles. The molecule has 0 radical (unpaired) electrons. The summed E-state index contributed by atoms with van der Waals surface area (Å²) in [4.78, 5) is 35.9. The fourth-order valence-electron chi connectivity index (χ4n) is 3.37. The fourth-order valence-corrected chi connectivity index (χ4v) is 3.37. The first kappa shape index (κ1) is 20.5. The molecule has 0 saturated carbocycles. The Morgan fingerprint density at radius 3 is 2.65 bits per heavy atom. The number of nitrogens with zero attached hydrogens (tertiary/aromatic N) is 4. The highest BCUT2D eigenvalue weighted by molar-refractivity contribution is 5.94. The summed E-state index contributed by atoms with van der Waals surface area (Å²) in [6, 6.07) is 12.2. The second-order valence-electron chi connectivity index (χ2n) is 7.10. The molecular formula is C22H23N5O4. The van der Waals surface area contributed by atoms with Crippen molar-refractivity contribution in [1.29, 1.82) is 0 Å². The number of methoxy groups -OCH3 is 1. The van der Waals surface area contributed by atoms with E-state index in [0.29, 0.717) is 36.2 Å². The fraction of sp³-hybridized carbons (Fsp3) is 0.273. The highest BCUT2D eigenvalue weighted by Gasteiger charge is 2.29. The molecule has 2 aromatic heterocycles. The molecule has 1 aliphatic heterocycles. The normalized spacial score (nSPS) is 16.1. The van der Waals surface area contributed by atoms with E-state index in [2.05, 4.69) is 15.3 Å². The van der Waals surface area contributed by atoms with E-state index in [1.807, 2.05) is 4.90 Å². The smallest absolute Gasteiger partial charge is 0.255 e. The molecule has 0 spiro atoms. The maximum atomic E-state index is 12.7. The minimum absolute atomic E-state index is 0.178. The third-order valence-electron chi connectivity index (χ3n) is 5.09. The minimum Gasteiger partial charge on any atom is -0.497 e. The number of benzene rings is 1. The van der Waals surface area contributed by atoms with E-state index in [-0.39, 0.29) is 18.0 Å². The van der Waals surface area contributed by atoms with Crippen LogP contribution in [0.25, 0.3) is 11.3 Å². The molecule has 3 aromatic rings. The predicted molar refractivity (Wildman–Crippen MR) is 116 cm³/mol. The van der Waals surface area contributed by atoms with Gasteiger partial charge in [0.15, 0.2) is 6.10 Å². The van der Waals surface area contributed by atoms with E-state index < -0.39 is 6.10 Å². The highest BCUT2D eigenvalue weighted by Crippen LogP contribution is 2.21. The molecule has 1 N–H and O–H groups in total. The molecule has 0 bridgehead atoms. The van der Waals surface area contributed by atoms with Gasteiger partial charge in [-0.15, -0.1) is 0 Å². The SMILES string of the molecule is COc1ccc(NC(=O)C2CN(c3nc(-c4ccncc4)cc(=O)n3C)CCO2)cc1.